The molecule has 0 aliphatic carbocycles. The van der Waals surface area contributed by atoms with Gasteiger partial charge in [0.15, 0.2) is 0 Å². The zero-order chi connectivity index (χ0) is 19.5. The van der Waals surface area contributed by atoms with Crippen molar-refractivity contribution >= 4 is 27.3 Å². The summed E-state index contributed by atoms with van der Waals surface area (Å²) in [6.45, 7) is 7.79. The van der Waals surface area contributed by atoms with E-state index in [2.05, 4.69) is 5.32 Å². The van der Waals surface area contributed by atoms with E-state index in [1.165, 1.54) is 4.31 Å². The van der Waals surface area contributed by atoms with Crippen LogP contribution in [-0.4, -0.2) is 27.1 Å². The van der Waals surface area contributed by atoms with Crippen LogP contribution in [0.4, 0.5) is 11.4 Å². The van der Waals surface area contributed by atoms with E-state index >= 15 is 0 Å². The monoisotopic (exact) mass is 374 g/mol. The van der Waals surface area contributed by atoms with Gasteiger partial charge in [-0.25, -0.2) is 8.42 Å². The van der Waals surface area contributed by atoms with Gasteiger partial charge in [0.1, 0.15) is 0 Å². The molecule has 0 spiro atoms. The van der Waals surface area contributed by atoms with Gasteiger partial charge in [0.2, 0.25) is 15.9 Å². The molecule has 0 fully saturated rings. The SMILES string of the molecule is Cc1cccc(N(CCC(=O)Nc2c(C)cccc2C)S(C)(=O)=O)c1C. The lowest BCUT2D eigenvalue weighted by atomic mass is 10.1. The number of rotatable bonds is 6. The van der Waals surface area contributed by atoms with Crippen molar-refractivity contribution in [3.63, 3.8) is 0 Å². The molecule has 26 heavy (non-hydrogen) atoms. The van der Waals surface area contributed by atoms with Crippen LogP contribution in [0.5, 0.6) is 0 Å². The Morgan fingerprint density at radius 2 is 1.50 bits per heavy atom. The average molecular weight is 375 g/mol. The standard InChI is InChI=1S/C20H26N2O3S/c1-14-8-7-11-18(17(14)4)22(26(5,24)25)13-12-19(23)21-20-15(2)9-6-10-16(20)3/h6-11H,12-13H2,1-5H3,(H,21,23). The molecule has 2 aromatic carbocycles. The van der Waals surface area contributed by atoms with Crippen LogP contribution < -0.4 is 9.62 Å². The van der Waals surface area contributed by atoms with Crippen LogP contribution in [0.15, 0.2) is 36.4 Å². The highest BCUT2D eigenvalue weighted by atomic mass is 32.2. The molecule has 5 nitrogen and oxygen atoms in total. The Labute approximate surface area is 156 Å². The molecular formula is C20H26N2O3S. The van der Waals surface area contributed by atoms with Crippen LogP contribution in [0.25, 0.3) is 0 Å². The van der Waals surface area contributed by atoms with E-state index in [0.29, 0.717) is 5.69 Å². The zero-order valence-corrected chi connectivity index (χ0v) is 16.8. The van der Waals surface area contributed by atoms with E-state index in [4.69, 9.17) is 0 Å². The molecule has 0 radical (unpaired) electrons. The minimum atomic E-state index is -3.49. The lowest BCUT2D eigenvalue weighted by Crippen LogP contribution is -2.33. The second kappa shape index (κ2) is 7.91. The van der Waals surface area contributed by atoms with Crippen LogP contribution in [0.1, 0.15) is 28.7 Å². The number of sulfonamides is 1. The van der Waals surface area contributed by atoms with E-state index in [1.807, 2.05) is 58.0 Å². The molecule has 2 rings (SSSR count). The molecule has 1 amide bonds. The molecule has 0 aliphatic heterocycles. The van der Waals surface area contributed by atoms with Crippen LogP contribution in [0.3, 0.4) is 0 Å². The molecule has 0 aromatic heterocycles. The Bertz CT molecular complexity index is 900. The number of benzene rings is 2. The fourth-order valence-electron chi connectivity index (χ4n) is 2.89. The first-order valence-electron chi connectivity index (χ1n) is 8.51. The number of aryl methyl sites for hydroxylation is 3. The van der Waals surface area contributed by atoms with Crippen molar-refractivity contribution in [2.75, 3.05) is 22.4 Å². The number of carbonyl (C=O) groups is 1. The van der Waals surface area contributed by atoms with Crippen LogP contribution in [0, 0.1) is 27.7 Å². The number of carbonyl (C=O) groups excluding carboxylic acids is 1. The third kappa shape index (κ3) is 4.64. The number of hydrogen-bond donors (Lipinski definition) is 1. The van der Waals surface area contributed by atoms with Crippen molar-refractivity contribution in [3.8, 4) is 0 Å². The van der Waals surface area contributed by atoms with Crippen LogP contribution >= 0.6 is 0 Å². The van der Waals surface area contributed by atoms with E-state index in [1.54, 1.807) is 6.07 Å². The molecule has 1 N–H and O–H groups in total. The molecule has 0 saturated heterocycles. The number of anilines is 2. The normalized spacial score (nSPS) is 11.3. The lowest BCUT2D eigenvalue weighted by molar-refractivity contribution is -0.116. The van der Waals surface area contributed by atoms with Crippen molar-refractivity contribution in [3.05, 3.63) is 58.7 Å². The molecule has 0 bridgehead atoms. The topological polar surface area (TPSA) is 66.5 Å². The first kappa shape index (κ1) is 20.0. The highest BCUT2D eigenvalue weighted by molar-refractivity contribution is 7.92. The summed E-state index contributed by atoms with van der Waals surface area (Å²) in [5.41, 5.74) is 5.27. The number of amides is 1. The second-order valence-electron chi connectivity index (χ2n) is 6.62. The van der Waals surface area contributed by atoms with Gasteiger partial charge in [-0.05, 0) is 56.0 Å². The molecule has 0 saturated carbocycles. The van der Waals surface area contributed by atoms with Gasteiger partial charge in [-0.2, -0.15) is 0 Å². The Morgan fingerprint density at radius 3 is 2.08 bits per heavy atom. The Balaban J connectivity index is 2.18. The molecule has 0 heterocycles. The number of hydrogen-bond acceptors (Lipinski definition) is 3. The van der Waals surface area contributed by atoms with Crippen LogP contribution in [0.2, 0.25) is 0 Å². The van der Waals surface area contributed by atoms with Gasteiger partial charge < -0.3 is 5.32 Å². The Kier molecular flexibility index (Phi) is 6.08. The highest BCUT2D eigenvalue weighted by Crippen LogP contribution is 2.25. The minimum absolute atomic E-state index is 0.0776. The molecule has 0 atom stereocenters. The summed E-state index contributed by atoms with van der Waals surface area (Å²) in [7, 11) is -3.49. The van der Waals surface area contributed by atoms with E-state index in [9.17, 15) is 13.2 Å². The van der Waals surface area contributed by atoms with Gasteiger partial charge in [0.05, 0.1) is 11.9 Å². The summed E-state index contributed by atoms with van der Waals surface area (Å²) in [6.07, 6.45) is 1.24. The van der Waals surface area contributed by atoms with E-state index in [-0.39, 0.29) is 18.9 Å². The summed E-state index contributed by atoms with van der Waals surface area (Å²) >= 11 is 0. The number of para-hydroxylation sites is 1. The van der Waals surface area contributed by atoms with Crippen molar-refractivity contribution in [2.45, 2.75) is 34.1 Å². The van der Waals surface area contributed by atoms with Crippen molar-refractivity contribution < 1.29 is 13.2 Å². The fraction of sp³-hybridized carbons (Fsp3) is 0.350. The smallest absolute Gasteiger partial charge is 0.232 e. The number of nitrogens with one attached hydrogen (secondary N) is 1. The average Bonchev–Trinajstić information content (AvgIpc) is 2.54. The Morgan fingerprint density at radius 1 is 0.962 bits per heavy atom. The van der Waals surface area contributed by atoms with E-state index in [0.717, 1.165) is 34.2 Å². The maximum Gasteiger partial charge on any atom is 0.232 e. The van der Waals surface area contributed by atoms with Crippen LogP contribution in [-0.2, 0) is 14.8 Å². The molecule has 0 aliphatic rings. The van der Waals surface area contributed by atoms with Gasteiger partial charge in [-0.1, -0.05) is 30.3 Å². The predicted molar refractivity (Wildman–Crippen MR) is 107 cm³/mol. The molecular weight excluding hydrogens is 348 g/mol. The predicted octanol–water partition coefficient (Wildman–Crippen LogP) is 3.72. The first-order valence-corrected chi connectivity index (χ1v) is 10.4. The minimum Gasteiger partial charge on any atom is -0.326 e. The molecule has 140 valence electrons. The zero-order valence-electron chi connectivity index (χ0n) is 16.0. The first-order chi connectivity index (χ1) is 12.1. The third-order valence-corrected chi connectivity index (χ3v) is 5.71. The maximum absolute atomic E-state index is 12.4. The number of nitrogens with zero attached hydrogens (tertiary/aromatic N) is 1. The summed E-state index contributed by atoms with van der Waals surface area (Å²) in [5.74, 6) is -0.207. The highest BCUT2D eigenvalue weighted by Gasteiger charge is 2.21. The summed E-state index contributed by atoms with van der Waals surface area (Å²) in [4.78, 5) is 12.4. The third-order valence-electron chi connectivity index (χ3n) is 4.53. The Hall–Kier alpha value is -2.34. The summed E-state index contributed by atoms with van der Waals surface area (Å²) in [6, 6.07) is 11.3. The van der Waals surface area contributed by atoms with Crippen molar-refractivity contribution in [1.29, 1.82) is 0 Å². The second-order valence-corrected chi connectivity index (χ2v) is 8.53. The van der Waals surface area contributed by atoms with Gasteiger partial charge >= 0.3 is 0 Å². The van der Waals surface area contributed by atoms with Gasteiger partial charge in [0, 0.05) is 18.7 Å². The lowest BCUT2D eigenvalue weighted by Gasteiger charge is -2.25. The van der Waals surface area contributed by atoms with Gasteiger partial charge in [-0.3, -0.25) is 9.10 Å². The summed E-state index contributed by atoms with van der Waals surface area (Å²) < 4.78 is 25.8. The molecule has 0 unspecified atom stereocenters. The van der Waals surface area contributed by atoms with Crippen molar-refractivity contribution in [2.24, 2.45) is 0 Å². The van der Waals surface area contributed by atoms with Gasteiger partial charge in [-0.15, -0.1) is 0 Å². The largest absolute Gasteiger partial charge is 0.326 e. The quantitative estimate of drug-likeness (QED) is 0.838. The maximum atomic E-state index is 12.4. The van der Waals surface area contributed by atoms with E-state index < -0.39 is 10.0 Å². The van der Waals surface area contributed by atoms with Crippen molar-refractivity contribution in [1.82, 2.24) is 0 Å². The molecule has 6 heteroatoms. The fourth-order valence-corrected chi connectivity index (χ4v) is 3.87. The summed E-state index contributed by atoms with van der Waals surface area (Å²) in [5, 5.41) is 2.90. The molecule has 2 aromatic rings. The van der Waals surface area contributed by atoms with Gasteiger partial charge in [0.25, 0.3) is 0 Å².